The van der Waals surface area contributed by atoms with Crippen LogP contribution in [-0.2, 0) is 16.1 Å². The standard InChI is InChI=1S/C16H24N2O5/c1-3-5-10-22-15(20)18(16(21)23-11-6-4-2)14-9-7-8-13(12-19)17-14/h7-9,19H,3-6,10-12H2,1-2H3. The van der Waals surface area contributed by atoms with Crippen LogP contribution < -0.4 is 4.90 Å². The summed E-state index contributed by atoms with van der Waals surface area (Å²) in [5.74, 6) is 0.0690. The Labute approximate surface area is 136 Å². The number of amides is 2. The topological polar surface area (TPSA) is 89.0 Å². The van der Waals surface area contributed by atoms with Crippen molar-refractivity contribution < 1.29 is 24.2 Å². The number of aromatic nitrogens is 1. The number of pyridine rings is 1. The summed E-state index contributed by atoms with van der Waals surface area (Å²) < 4.78 is 10.2. The van der Waals surface area contributed by atoms with Crippen LogP contribution in [0.5, 0.6) is 0 Å². The van der Waals surface area contributed by atoms with Crippen molar-refractivity contribution >= 4 is 18.0 Å². The van der Waals surface area contributed by atoms with Gasteiger partial charge in [-0.25, -0.2) is 14.6 Å². The summed E-state index contributed by atoms with van der Waals surface area (Å²) in [4.78, 5) is 29.2. The van der Waals surface area contributed by atoms with Gasteiger partial charge in [-0.1, -0.05) is 32.8 Å². The molecule has 0 aliphatic carbocycles. The molecule has 0 saturated heterocycles. The molecule has 7 nitrogen and oxygen atoms in total. The maximum absolute atomic E-state index is 12.2. The molecule has 0 unspecified atom stereocenters. The molecule has 2 amide bonds. The fourth-order valence-electron chi connectivity index (χ4n) is 1.68. The van der Waals surface area contributed by atoms with Crippen LogP contribution in [-0.4, -0.2) is 35.5 Å². The molecule has 1 aromatic rings. The van der Waals surface area contributed by atoms with Crippen LogP contribution in [0.4, 0.5) is 15.4 Å². The fourth-order valence-corrected chi connectivity index (χ4v) is 1.68. The number of carbonyl (C=O) groups is 2. The van der Waals surface area contributed by atoms with Gasteiger partial charge in [-0.2, -0.15) is 4.90 Å². The van der Waals surface area contributed by atoms with E-state index in [1.807, 2.05) is 13.8 Å². The Morgan fingerprint density at radius 1 is 1.09 bits per heavy atom. The zero-order valence-electron chi connectivity index (χ0n) is 13.7. The number of aliphatic hydroxyl groups is 1. The van der Waals surface area contributed by atoms with Crippen molar-refractivity contribution in [1.82, 2.24) is 4.98 Å². The predicted molar refractivity (Wildman–Crippen MR) is 85.2 cm³/mol. The second kappa shape index (κ2) is 10.6. The zero-order valence-corrected chi connectivity index (χ0v) is 13.7. The van der Waals surface area contributed by atoms with E-state index in [1.165, 1.54) is 6.07 Å². The van der Waals surface area contributed by atoms with Crippen LogP contribution in [0, 0.1) is 0 Å². The zero-order chi connectivity index (χ0) is 17.1. The van der Waals surface area contributed by atoms with Gasteiger partial charge >= 0.3 is 12.2 Å². The lowest BCUT2D eigenvalue weighted by Gasteiger charge is -2.19. The van der Waals surface area contributed by atoms with Crippen LogP contribution in [0.2, 0.25) is 0 Å². The molecule has 23 heavy (non-hydrogen) atoms. The lowest BCUT2D eigenvalue weighted by atomic mass is 10.3. The Hall–Kier alpha value is -2.15. The number of nitrogens with zero attached hydrogens (tertiary/aromatic N) is 2. The molecule has 0 aromatic carbocycles. The van der Waals surface area contributed by atoms with Crippen molar-refractivity contribution in [3.63, 3.8) is 0 Å². The first-order chi connectivity index (χ1) is 11.1. The van der Waals surface area contributed by atoms with Gasteiger partial charge < -0.3 is 14.6 Å². The van der Waals surface area contributed by atoms with E-state index in [0.717, 1.165) is 17.7 Å². The second-order valence-corrected chi connectivity index (χ2v) is 4.92. The molecular formula is C16H24N2O5. The van der Waals surface area contributed by atoms with Crippen LogP contribution in [0.15, 0.2) is 18.2 Å². The van der Waals surface area contributed by atoms with Crippen molar-refractivity contribution in [3.8, 4) is 0 Å². The molecule has 0 aliphatic rings. The smallest absolute Gasteiger partial charge is 0.425 e. The number of carbonyl (C=O) groups excluding carboxylic acids is 2. The van der Waals surface area contributed by atoms with Crippen molar-refractivity contribution in [2.24, 2.45) is 0 Å². The summed E-state index contributed by atoms with van der Waals surface area (Å²) in [5.41, 5.74) is 0.343. The third kappa shape index (κ3) is 6.23. The van der Waals surface area contributed by atoms with E-state index < -0.39 is 12.2 Å². The first-order valence-electron chi connectivity index (χ1n) is 7.84. The van der Waals surface area contributed by atoms with Crippen LogP contribution in [0.25, 0.3) is 0 Å². The Morgan fingerprint density at radius 3 is 2.13 bits per heavy atom. The van der Waals surface area contributed by atoms with Gasteiger partial charge in [0.05, 0.1) is 25.5 Å². The number of unbranched alkanes of at least 4 members (excludes halogenated alkanes) is 2. The SMILES string of the molecule is CCCCOC(=O)N(C(=O)OCCCC)c1cccc(CO)n1. The monoisotopic (exact) mass is 324 g/mol. The summed E-state index contributed by atoms with van der Waals surface area (Å²) >= 11 is 0. The Balaban J connectivity index is 2.90. The van der Waals surface area contributed by atoms with E-state index in [2.05, 4.69) is 4.98 Å². The number of hydrogen-bond acceptors (Lipinski definition) is 6. The molecule has 128 valence electrons. The van der Waals surface area contributed by atoms with E-state index >= 15 is 0 Å². The van der Waals surface area contributed by atoms with E-state index in [9.17, 15) is 9.59 Å². The van der Waals surface area contributed by atoms with Gasteiger partial charge in [0.15, 0.2) is 0 Å². The number of aliphatic hydroxyl groups excluding tert-OH is 1. The predicted octanol–water partition coefficient (Wildman–Crippen LogP) is 3.25. The molecular weight excluding hydrogens is 300 g/mol. The van der Waals surface area contributed by atoms with Gasteiger partial charge in [0.25, 0.3) is 0 Å². The Bertz CT molecular complexity index is 485. The van der Waals surface area contributed by atoms with Gasteiger partial charge in [0, 0.05) is 0 Å². The van der Waals surface area contributed by atoms with Gasteiger partial charge in [-0.3, -0.25) is 0 Å². The first kappa shape index (κ1) is 18.9. The third-order valence-corrected chi connectivity index (χ3v) is 3.00. The molecule has 7 heteroatoms. The van der Waals surface area contributed by atoms with Crippen molar-refractivity contribution in [2.75, 3.05) is 18.1 Å². The van der Waals surface area contributed by atoms with Crippen molar-refractivity contribution in [1.29, 1.82) is 0 Å². The maximum Gasteiger partial charge on any atom is 0.425 e. The minimum Gasteiger partial charge on any atom is -0.449 e. The van der Waals surface area contributed by atoms with E-state index in [1.54, 1.807) is 12.1 Å². The number of rotatable bonds is 8. The minimum atomic E-state index is -0.831. The molecule has 0 atom stereocenters. The highest BCUT2D eigenvalue weighted by atomic mass is 16.6. The molecule has 0 fully saturated rings. The number of imide groups is 1. The first-order valence-corrected chi connectivity index (χ1v) is 7.84. The summed E-state index contributed by atoms with van der Waals surface area (Å²) in [6.07, 6.45) is 1.48. The lowest BCUT2D eigenvalue weighted by Crippen LogP contribution is -2.39. The van der Waals surface area contributed by atoms with Crippen LogP contribution in [0.1, 0.15) is 45.2 Å². The maximum atomic E-state index is 12.2. The summed E-state index contributed by atoms with van der Waals surface area (Å²) in [5, 5.41) is 9.15. The highest BCUT2D eigenvalue weighted by Gasteiger charge is 2.28. The highest BCUT2D eigenvalue weighted by molar-refractivity contribution is 6.08. The van der Waals surface area contributed by atoms with Gasteiger partial charge in [0.2, 0.25) is 0 Å². The summed E-state index contributed by atoms with van der Waals surface area (Å²) in [6, 6.07) is 4.67. The molecule has 1 aromatic heterocycles. The molecule has 0 aliphatic heterocycles. The van der Waals surface area contributed by atoms with E-state index in [0.29, 0.717) is 18.5 Å². The number of anilines is 1. The largest absolute Gasteiger partial charge is 0.449 e. The van der Waals surface area contributed by atoms with E-state index in [4.69, 9.17) is 14.6 Å². The molecule has 1 N–H and O–H groups in total. The fraction of sp³-hybridized carbons (Fsp3) is 0.562. The Kier molecular flexibility index (Phi) is 8.67. The third-order valence-electron chi connectivity index (χ3n) is 3.00. The van der Waals surface area contributed by atoms with Gasteiger partial charge in [-0.15, -0.1) is 0 Å². The van der Waals surface area contributed by atoms with E-state index in [-0.39, 0.29) is 25.6 Å². The molecule has 0 bridgehead atoms. The quantitative estimate of drug-likeness (QED) is 0.738. The molecule has 0 spiro atoms. The average Bonchev–Trinajstić information content (AvgIpc) is 2.56. The highest BCUT2D eigenvalue weighted by Crippen LogP contribution is 2.15. The minimum absolute atomic E-state index is 0.0690. The van der Waals surface area contributed by atoms with Crippen LogP contribution >= 0.6 is 0 Å². The lowest BCUT2D eigenvalue weighted by molar-refractivity contribution is 0.132. The molecule has 1 rings (SSSR count). The number of ether oxygens (including phenoxy) is 2. The van der Waals surface area contributed by atoms with Gasteiger partial charge in [-0.05, 0) is 25.0 Å². The molecule has 1 heterocycles. The van der Waals surface area contributed by atoms with Gasteiger partial charge in [0.1, 0.15) is 5.82 Å². The second-order valence-electron chi connectivity index (χ2n) is 4.92. The number of hydrogen-bond donors (Lipinski definition) is 1. The van der Waals surface area contributed by atoms with Crippen molar-refractivity contribution in [3.05, 3.63) is 23.9 Å². The van der Waals surface area contributed by atoms with Crippen LogP contribution in [0.3, 0.4) is 0 Å². The van der Waals surface area contributed by atoms with Crippen molar-refractivity contribution in [2.45, 2.75) is 46.1 Å². The normalized spacial score (nSPS) is 10.2. The summed E-state index contributed by atoms with van der Waals surface area (Å²) in [7, 11) is 0. The Morgan fingerprint density at radius 2 is 1.65 bits per heavy atom. The molecule has 0 radical (unpaired) electrons. The average molecular weight is 324 g/mol. The summed E-state index contributed by atoms with van der Waals surface area (Å²) in [6.45, 7) is 4.08. The molecule has 0 saturated carbocycles.